The molecule has 3 rings (SSSR count). The highest BCUT2D eigenvalue weighted by atomic mass is 19.1. The Labute approximate surface area is 139 Å². The van der Waals surface area contributed by atoms with Crippen molar-refractivity contribution in [3.63, 3.8) is 0 Å². The van der Waals surface area contributed by atoms with Crippen LogP contribution < -0.4 is 4.90 Å². The summed E-state index contributed by atoms with van der Waals surface area (Å²) in [4.78, 5) is 17.7. The number of aryl methyl sites for hydroxylation is 1. The Bertz CT molecular complexity index is 910. The third kappa shape index (κ3) is 2.80. The first-order chi connectivity index (χ1) is 11.5. The molecule has 5 heteroatoms. The van der Waals surface area contributed by atoms with E-state index in [4.69, 9.17) is 0 Å². The number of pyridine rings is 1. The zero-order valence-electron chi connectivity index (χ0n) is 13.5. The first-order valence-electron chi connectivity index (χ1n) is 7.55. The average Bonchev–Trinajstić information content (AvgIpc) is 2.58. The summed E-state index contributed by atoms with van der Waals surface area (Å²) in [6.45, 7) is 2.18. The number of benzene rings is 2. The van der Waals surface area contributed by atoms with Gasteiger partial charge in [0.15, 0.2) is 0 Å². The maximum atomic E-state index is 13.8. The molecule has 0 atom stereocenters. The predicted octanol–water partition coefficient (Wildman–Crippen LogP) is 4.02. The Kier molecular flexibility index (Phi) is 4.16. The van der Waals surface area contributed by atoms with E-state index in [1.807, 2.05) is 42.3 Å². The van der Waals surface area contributed by atoms with Crippen LogP contribution >= 0.6 is 0 Å². The Morgan fingerprint density at radius 3 is 2.58 bits per heavy atom. The highest BCUT2D eigenvalue weighted by Crippen LogP contribution is 2.32. The number of hydrogen-bond donors (Lipinski definition) is 1. The van der Waals surface area contributed by atoms with Crippen LogP contribution in [-0.2, 0) is 6.54 Å². The Morgan fingerprint density at radius 2 is 1.92 bits per heavy atom. The minimum Gasteiger partial charge on any atom is -0.478 e. The number of halogens is 1. The summed E-state index contributed by atoms with van der Waals surface area (Å²) in [6, 6.07) is 12.7. The van der Waals surface area contributed by atoms with Gasteiger partial charge in [0.25, 0.3) is 0 Å². The average molecular weight is 324 g/mol. The van der Waals surface area contributed by atoms with Gasteiger partial charge < -0.3 is 10.0 Å². The van der Waals surface area contributed by atoms with Crippen molar-refractivity contribution in [3.8, 4) is 0 Å². The van der Waals surface area contributed by atoms with E-state index >= 15 is 0 Å². The molecule has 3 aromatic rings. The van der Waals surface area contributed by atoms with Crippen molar-refractivity contribution in [1.82, 2.24) is 4.98 Å². The van der Waals surface area contributed by atoms with Crippen molar-refractivity contribution in [2.45, 2.75) is 13.5 Å². The molecular weight excluding hydrogens is 307 g/mol. The summed E-state index contributed by atoms with van der Waals surface area (Å²) in [5.74, 6) is -1.41. The van der Waals surface area contributed by atoms with Crippen LogP contribution in [0.3, 0.4) is 0 Å². The van der Waals surface area contributed by atoms with Gasteiger partial charge in [0.05, 0.1) is 11.2 Å². The van der Waals surface area contributed by atoms with Crippen molar-refractivity contribution in [1.29, 1.82) is 0 Å². The van der Waals surface area contributed by atoms with E-state index in [0.717, 1.165) is 5.56 Å². The molecule has 0 saturated heterocycles. The van der Waals surface area contributed by atoms with E-state index < -0.39 is 5.97 Å². The predicted molar refractivity (Wildman–Crippen MR) is 91.9 cm³/mol. The normalized spacial score (nSPS) is 10.8. The number of carboxylic acid groups (broad SMARTS) is 1. The van der Waals surface area contributed by atoms with Crippen LogP contribution in [0.5, 0.6) is 0 Å². The number of hydrogen-bond acceptors (Lipinski definition) is 3. The van der Waals surface area contributed by atoms with Gasteiger partial charge in [0.2, 0.25) is 0 Å². The summed E-state index contributed by atoms with van der Waals surface area (Å²) in [5.41, 5.74) is 2.60. The molecule has 122 valence electrons. The minimum atomic E-state index is -1.05. The number of fused-ring (bicyclic) bond motifs is 1. The molecule has 0 unspecified atom stereocenters. The largest absolute Gasteiger partial charge is 0.478 e. The SMILES string of the molecule is Cc1c(F)ccc2c(N(C)Cc3ccccc3)c(C(=O)O)cnc12. The van der Waals surface area contributed by atoms with Gasteiger partial charge in [-0.2, -0.15) is 0 Å². The number of anilines is 1. The topological polar surface area (TPSA) is 53.4 Å². The third-order valence-electron chi connectivity index (χ3n) is 4.07. The summed E-state index contributed by atoms with van der Waals surface area (Å²) in [5, 5.41) is 10.2. The monoisotopic (exact) mass is 324 g/mol. The first-order valence-corrected chi connectivity index (χ1v) is 7.55. The van der Waals surface area contributed by atoms with Gasteiger partial charge in [-0.1, -0.05) is 30.3 Å². The molecule has 0 aliphatic rings. The van der Waals surface area contributed by atoms with E-state index in [1.165, 1.54) is 12.3 Å². The molecule has 2 aromatic carbocycles. The van der Waals surface area contributed by atoms with Crippen molar-refractivity contribution in [2.75, 3.05) is 11.9 Å². The maximum Gasteiger partial charge on any atom is 0.339 e. The molecule has 24 heavy (non-hydrogen) atoms. The number of carbonyl (C=O) groups is 1. The quantitative estimate of drug-likeness (QED) is 0.787. The lowest BCUT2D eigenvalue weighted by atomic mass is 10.0. The van der Waals surface area contributed by atoms with Gasteiger partial charge >= 0.3 is 5.97 Å². The molecule has 0 amide bonds. The third-order valence-corrected chi connectivity index (χ3v) is 4.07. The van der Waals surface area contributed by atoms with E-state index in [2.05, 4.69) is 4.98 Å². The van der Waals surface area contributed by atoms with Crippen LogP contribution in [0.15, 0.2) is 48.7 Å². The fourth-order valence-electron chi connectivity index (χ4n) is 2.87. The van der Waals surface area contributed by atoms with E-state index in [1.54, 1.807) is 13.0 Å². The maximum absolute atomic E-state index is 13.8. The molecule has 1 aromatic heterocycles. The first kappa shape index (κ1) is 15.9. The van der Waals surface area contributed by atoms with Crippen molar-refractivity contribution in [3.05, 3.63) is 71.2 Å². The summed E-state index contributed by atoms with van der Waals surface area (Å²) in [6.07, 6.45) is 1.30. The Morgan fingerprint density at radius 1 is 1.21 bits per heavy atom. The van der Waals surface area contributed by atoms with Crippen molar-refractivity contribution < 1.29 is 14.3 Å². The van der Waals surface area contributed by atoms with Gasteiger partial charge in [-0.3, -0.25) is 4.98 Å². The fraction of sp³-hybridized carbons (Fsp3) is 0.158. The zero-order valence-corrected chi connectivity index (χ0v) is 13.5. The lowest BCUT2D eigenvalue weighted by Crippen LogP contribution is -2.20. The van der Waals surface area contributed by atoms with Crippen molar-refractivity contribution >= 4 is 22.6 Å². The summed E-state index contributed by atoms with van der Waals surface area (Å²) < 4.78 is 13.8. The number of carboxylic acids is 1. The zero-order chi connectivity index (χ0) is 17.3. The second-order valence-corrected chi connectivity index (χ2v) is 5.74. The second kappa shape index (κ2) is 6.28. The lowest BCUT2D eigenvalue weighted by molar-refractivity contribution is 0.0697. The molecule has 4 nitrogen and oxygen atoms in total. The summed E-state index contributed by atoms with van der Waals surface area (Å²) >= 11 is 0. The number of nitrogens with zero attached hydrogens (tertiary/aromatic N) is 2. The number of aromatic nitrogens is 1. The van der Waals surface area contributed by atoms with E-state index in [9.17, 15) is 14.3 Å². The molecular formula is C19H17FN2O2. The van der Waals surface area contributed by atoms with Gasteiger partial charge in [0.1, 0.15) is 11.4 Å². The molecule has 1 heterocycles. The second-order valence-electron chi connectivity index (χ2n) is 5.74. The standard InChI is InChI=1S/C19H17FN2O2/c1-12-16(20)9-8-14-17(12)21-10-15(19(23)24)18(14)22(2)11-13-6-4-3-5-7-13/h3-10H,11H2,1-2H3,(H,23,24). The number of rotatable bonds is 4. The van der Waals surface area contributed by atoms with Gasteiger partial charge in [-0.05, 0) is 24.6 Å². The number of aromatic carboxylic acids is 1. The molecule has 0 radical (unpaired) electrons. The van der Waals surface area contributed by atoms with Crippen molar-refractivity contribution in [2.24, 2.45) is 0 Å². The van der Waals surface area contributed by atoms with E-state index in [0.29, 0.717) is 28.7 Å². The van der Waals surface area contributed by atoms with Crippen LogP contribution in [-0.4, -0.2) is 23.1 Å². The van der Waals surface area contributed by atoms with Gasteiger partial charge in [-0.15, -0.1) is 0 Å². The molecule has 0 saturated carbocycles. The highest BCUT2D eigenvalue weighted by molar-refractivity contribution is 6.05. The smallest absolute Gasteiger partial charge is 0.339 e. The summed E-state index contributed by atoms with van der Waals surface area (Å²) in [7, 11) is 1.83. The fourth-order valence-corrected chi connectivity index (χ4v) is 2.87. The van der Waals surface area contributed by atoms with Gasteiger partial charge in [-0.25, -0.2) is 9.18 Å². The minimum absolute atomic E-state index is 0.104. The Hall–Kier alpha value is -2.95. The highest BCUT2D eigenvalue weighted by Gasteiger charge is 2.19. The van der Waals surface area contributed by atoms with Crippen LogP contribution in [0.1, 0.15) is 21.5 Å². The van der Waals surface area contributed by atoms with Crippen LogP contribution in [0.2, 0.25) is 0 Å². The lowest BCUT2D eigenvalue weighted by Gasteiger charge is -2.23. The van der Waals surface area contributed by atoms with Crippen LogP contribution in [0.4, 0.5) is 10.1 Å². The molecule has 0 fully saturated rings. The van der Waals surface area contributed by atoms with Gasteiger partial charge in [0, 0.05) is 30.7 Å². The Balaban J connectivity index is 2.18. The molecule has 0 spiro atoms. The molecule has 0 aliphatic heterocycles. The van der Waals surface area contributed by atoms with Crippen LogP contribution in [0, 0.1) is 12.7 Å². The van der Waals surface area contributed by atoms with E-state index in [-0.39, 0.29) is 11.4 Å². The molecule has 1 N–H and O–H groups in total. The molecule has 0 aliphatic carbocycles. The van der Waals surface area contributed by atoms with Crippen LogP contribution in [0.25, 0.3) is 10.9 Å². The molecule has 0 bridgehead atoms.